The fourth-order valence-electron chi connectivity index (χ4n) is 1.76. The first-order valence-corrected chi connectivity index (χ1v) is 6.31. The third-order valence-electron chi connectivity index (χ3n) is 2.89. The van der Waals surface area contributed by atoms with E-state index in [9.17, 15) is 0 Å². The van der Waals surface area contributed by atoms with Gasteiger partial charge in [0.2, 0.25) is 0 Å². The molecule has 0 aromatic carbocycles. The molecule has 0 amide bonds. The van der Waals surface area contributed by atoms with Crippen molar-refractivity contribution >= 4 is 10.2 Å². The molecule has 0 aromatic heterocycles. The minimum Gasteiger partial charge on any atom is -0.0679 e. The van der Waals surface area contributed by atoms with Gasteiger partial charge in [-0.25, -0.2) is 0 Å². The van der Waals surface area contributed by atoms with Gasteiger partial charge in [0.15, 0.2) is 0 Å². The third kappa shape index (κ3) is 2.83. The van der Waals surface area contributed by atoms with Crippen molar-refractivity contribution in [3.8, 4) is 0 Å². The van der Waals surface area contributed by atoms with Gasteiger partial charge in [-0.3, -0.25) is 0 Å². The van der Waals surface area contributed by atoms with E-state index in [4.69, 9.17) is 0 Å². The van der Waals surface area contributed by atoms with E-state index in [1.165, 1.54) is 23.1 Å². The standard InChI is InChI=1S/C12H22Si/c1-9(2)10-5-7-11(8-6-10)12(3,4)13/h5,7,9H,6,8H2,1-4,13H3. The van der Waals surface area contributed by atoms with Crippen molar-refractivity contribution in [2.45, 2.75) is 45.6 Å². The Bertz CT molecular complexity index is 238. The van der Waals surface area contributed by atoms with Crippen LogP contribution in [0.2, 0.25) is 5.04 Å². The molecule has 0 aliphatic heterocycles. The molecule has 1 rings (SSSR count). The highest BCUT2D eigenvalue weighted by atomic mass is 28.1. The second-order valence-corrected chi connectivity index (χ2v) is 7.84. The average molecular weight is 194 g/mol. The predicted molar refractivity (Wildman–Crippen MR) is 64.2 cm³/mol. The van der Waals surface area contributed by atoms with Crippen LogP contribution in [0.1, 0.15) is 40.5 Å². The summed E-state index contributed by atoms with van der Waals surface area (Å²) in [6.45, 7) is 9.30. The Morgan fingerprint density at radius 3 is 2.15 bits per heavy atom. The molecular formula is C12H22Si. The van der Waals surface area contributed by atoms with Crippen molar-refractivity contribution in [1.82, 2.24) is 0 Å². The molecule has 1 aliphatic rings. The summed E-state index contributed by atoms with van der Waals surface area (Å²) in [6, 6.07) is 0. The summed E-state index contributed by atoms with van der Waals surface area (Å²) in [5, 5.41) is 0.499. The Morgan fingerprint density at radius 1 is 1.23 bits per heavy atom. The van der Waals surface area contributed by atoms with E-state index in [0.717, 1.165) is 5.92 Å². The summed E-state index contributed by atoms with van der Waals surface area (Å²) in [4.78, 5) is 0. The van der Waals surface area contributed by atoms with Crippen LogP contribution in [0.4, 0.5) is 0 Å². The Kier molecular flexibility index (Phi) is 3.17. The highest BCUT2D eigenvalue weighted by Gasteiger charge is 2.19. The van der Waals surface area contributed by atoms with Crippen LogP contribution in [0.5, 0.6) is 0 Å². The van der Waals surface area contributed by atoms with Gasteiger partial charge < -0.3 is 0 Å². The minimum absolute atomic E-state index is 0.499. The van der Waals surface area contributed by atoms with Gasteiger partial charge in [0.1, 0.15) is 0 Å². The van der Waals surface area contributed by atoms with Gasteiger partial charge in [0.25, 0.3) is 0 Å². The van der Waals surface area contributed by atoms with E-state index in [-0.39, 0.29) is 0 Å². The molecule has 0 spiro atoms. The lowest BCUT2D eigenvalue weighted by Gasteiger charge is -2.27. The number of hydrogen-bond donors (Lipinski definition) is 0. The normalized spacial score (nSPS) is 18.8. The maximum absolute atomic E-state index is 2.37. The van der Waals surface area contributed by atoms with Gasteiger partial charge in [-0.15, -0.1) is 0 Å². The van der Waals surface area contributed by atoms with Crippen molar-refractivity contribution < 1.29 is 0 Å². The van der Waals surface area contributed by atoms with Gasteiger partial charge in [-0.1, -0.05) is 51.0 Å². The molecular weight excluding hydrogens is 172 g/mol. The van der Waals surface area contributed by atoms with E-state index in [1.807, 2.05) is 0 Å². The molecule has 0 saturated heterocycles. The lowest BCUT2D eigenvalue weighted by atomic mass is 9.86. The summed E-state index contributed by atoms with van der Waals surface area (Å²) in [5.74, 6) is 0.731. The summed E-state index contributed by atoms with van der Waals surface area (Å²) >= 11 is 0. The van der Waals surface area contributed by atoms with Gasteiger partial charge in [0.05, 0.1) is 0 Å². The first-order chi connectivity index (χ1) is 5.91. The van der Waals surface area contributed by atoms with E-state index in [1.54, 1.807) is 11.1 Å². The van der Waals surface area contributed by atoms with E-state index >= 15 is 0 Å². The fourth-order valence-corrected chi connectivity index (χ4v) is 2.18. The number of hydrogen-bond acceptors (Lipinski definition) is 0. The van der Waals surface area contributed by atoms with E-state index in [0.29, 0.717) is 5.04 Å². The minimum atomic E-state index is 0.499. The van der Waals surface area contributed by atoms with Crippen LogP contribution in [0.25, 0.3) is 0 Å². The molecule has 0 aromatic rings. The molecule has 0 unspecified atom stereocenters. The molecule has 0 saturated carbocycles. The zero-order chi connectivity index (χ0) is 10.1. The Hall–Kier alpha value is -0.303. The largest absolute Gasteiger partial charge is 0.0679 e. The van der Waals surface area contributed by atoms with Gasteiger partial charge in [0, 0.05) is 10.2 Å². The van der Waals surface area contributed by atoms with Crippen LogP contribution in [0.15, 0.2) is 23.3 Å². The summed E-state index contributed by atoms with van der Waals surface area (Å²) in [5.41, 5.74) is 3.28. The van der Waals surface area contributed by atoms with E-state index in [2.05, 4.69) is 39.8 Å². The smallest absolute Gasteiger partial charge is 0.0151 e. The summed E-state index contributed by atoms with van der Waals surface area (Å²) in [7, 11) is 1.26. The maximum Gasteiger partial charge on any atom is 0.0151 e. The second-order valence-electron chi connectivity index (χ2n) is 5.34. The molecule has 0 nitrogen and oxygen atoms in total. The molecule has 1 aliphatic carbocycles. The quantitative estimate of drug-likeness (QED) is 0.593. The van der Waals surface area contributed by atoms with Crippen LogP contribution in [0.3, 0.4) is 0 Å². The van der Waals surface area contributed by atoms with Gasteiger partial charge in [-0.2, -0.15) is 0 Å². The Balaban J connectivity index is 2.77. The summed E-state index contributed by atoms with van der Waals surface area (Å²) < 4.78 is 0. The highest BCUT2D eigenvalue weighted by molar-refractivity contribution is 6.16. The Morgan fingerprint density at radius 2 is 1.85 bits per heavy atom. The molecule has 74 valence electrons. The highest BCUT2D eigenvalue weighted by Crippen LogP contribution is 2.37. The molecule has 1 heteroatoms. The molecule has 0 bridgehead atoms. The Labute approximate surface area is 85.5 Å². The molecule has 0 fully saturated rings. The van der Waals surface area contributed by atoms with Crippen molar-refractivity contribution in [1.29, 1.82) is 0 Å². The second kappa shape index (κ2) is 3.83. The van der Waals surface area contributed by atoms with Crippen LogP contribution in [-0.2, 0) is 0 Å². The predicted octanol–water partition coefficient (Wildman–Crippen LogP) is 2.85. The average Bonchev–Trinajstić information content (AvgIpc) is 2.03. The zero-order valence-corrected chi connectivity index (χ0v) is 11.6. The van der Waals surface area contributed by atoms with E-state index < -0.39 is 0 Å². The van der Waals surface area contributed by atoms with Crippen molar-refractivity contribution in [3.05, 3.63) is 23.3 Å². The fraction of sp³-hybridized carbons (Fsp3) is 0.667. The van der Waals surface area contributed by atoms with Gasteiger partial charge in [-0.05, 0) is 23.8 Å². The van der Waals surface area contributed by atoms with Crippen LogP contribution in [0, 0.1) is 5.92 Å². The van der Waals surface area contributed by atoms with Crippen molar-refractivity contribution in [2.24, 2.45) is 5.92 Å². The van der Waals surface area contributed by atoms with Crippen LogP contribution >= 0.6 is 0 Å². The van der Waals surface area contributed by atoms with Crippen LogP contribution in [-0.4, -0.2) is 10.2 Å². The van der Waals surface area contributed by atoms with Crippen LogP contribution < -0.4 is 0 Å². The van der Waals surface area contributed by atoms with Crippen molar-refractivity contribution in [2.75, 3.05) is 0 Å². The summed E-state index contributed by atoms with van der Waals surface area (Å²) in [6.07, 6.45) is 7.30. The molecule has 0 heterocycles. The molecule has 0 N–H and O–H groups in total. The number of rotatable bonds is 2. The molecule has 0 radical (unpaired) electrons. The number of allylic oxidation sites excluding steroid dienone is 4. The van der Waals surface area contributed by atoms with Crippen molar-refractivity contribution in [3.63, 3.8) is 0 Å². The topological polar surface area (TPSA) is 0 Å². The molecule has 0 atom stereocenters. The monoisotopic (exact) mass is 194 g/mol. The lowest BCUT2D eigenvalue weighted by Crippen LogP contribution is -2.10. The third-order valence-corrected chi connectivity index (χ3v) is 3.53. The lowest BCUT2D eigenvalue weighted by molar-refractivity contribution is 0.661. The zero-order valence-electron chi connectivity index (χ0n) is 9.65. The van der Waals surface area contributed by atoms with Gasteiger partial charge >= 0.3 is 0 Å². The SMILES string of the molecule is CC(C)C1=CC=C(C(C)(C)[SiH3])CC1. The first-order valence-electron chi connectivity index (χ1n) is 5.31. The maximum atomic E-state index is 2.37. The first kappa shape index (κ1) is 10.8. The molecule has 13 heavy (non-hydrogen) atoms.